The first-order valence-electron chi connectivity index (χ1n) is 9.64. The first-order chi connectivity index (χ1) is 13.0. The SMILES string of the molecule is CC(C)Oc1cc(NC2CCN(Cc3ccccc3)CC2)ccc1C(N)=O. The molecule has 1 aliphatic rings. The third-order valence-electron chi connectivity index (χ3n) is 4.82. The third kappa shape index (κ3) is 5.47. The maximum atomic E-state index is 11.6. The molecule has 5 heteroatoms. The smallest absolute Gasteiger partial charge is 0.252 e. The summed E-state index contributed by atoms with van der Waals surface area (Å²) in [5, 5.41) is 3.59. The Morgan fingerprint density at radius 3 is 2.52 bits per heavy atom. The highest BCUT2D eigenvalue weighted by Crippen LogP contribution is 2.26. The van der Waals surface area contributed by atoms with Gasteiger partial charge in [0.2, 0.25) is 0 Å². The quantitative estimate of drug-likeness (QED) is 0.784. The summed E-state index contributed by atoms with van der Waals surface area (Å²) in [6.45, 7) is 7.02. The van der Waals surface area contributed by atoms with Gasteiger partial charge in [-0.1, -0.05) is 30.3 Å². The zero-order chi connectivity index (χ0) is 19.2. The molecule has 0 saturated carbocycles. The highest BCUT2D eigenvalue weighted by Gasteiger charge is 2.20. The van der Waals surface area contributed by atoms with Crippen molar-refractivity contribution in [3.63, 3.8) is 0 Å². The van der Waals surface area contributed by atoms with Gasteiger partial charge in [0, 0.05) is 37.4 Å². The van der Waals surface area contributed by atoms with Crippen molar-refractivity contribution >= 4 is 11.6 Å². The molecule has 0 bridgehead atoms. The predicted octanol–water partition coefficient (Wildman–Crippen LogP) is 3.65. The molecule has 144 valence electrons. The Labute approximate surface area is 161 Å². The van der Waals surface area contributed by atoms with E-state index in [-0.39, 0.29) is 6.10 Å². The highest BCUT2D eigenvalue weighted by molar-refractivity contribution is 5.96. The van der Waals surface area contributed by atoms with Crippen LogP contribution < -0.4 is 15.8 Å². The maximum Gasteiger partial charge on any atom is 0.252 e. The minimum absolute atomic E-state index is 0.0143. The fourth-order valence-electron chi connectivity index (χ4n) is 3.48. The summed E-state index contributed by atoms with van der Waals surface area (Å²) in [7, 11) is 0. The van der Waals surface area contributed by atoms with E-state index in [9.17, 15) is 4.79 Å². The van der Waals surface area contributed by atoms with E-state index in [4.69, 9.17) is 10.5 Å². The van der Waals surface area contributed by atoms with E-state index in [1.165, 1.54) is 5.56 Å². The molecule has 1 fully saturated rings. The van der Waals surface area contributed by atoms with Crippen LogP contribution in [0, 0.1) is 0 Å². The van der Waals surface area contributed by atoms with Crippen molar-refractivity contribution in [3.05, 3.63) is 59.7 Å². The number of piperidine rings is 1. The normalized spacial score (nSPS) is 15.7. The van der Waals surface area contributed by atoms with Crippen molar-refractivity contribution in [2.45, 2.75) is 45.4 Å². The van der Waals surface area contributed by atoms with Gasteiger partial charge < -0.3 is 15.8 Å². The number of nitrogens with one attached hydrogen (secondary N) is 1. The van der Waals surface area contributed by atoms with Crippen molar-refractivity contribution in [1.29, 1.82) is 0 Å². The first kappa shape index (κ1) is 19.2. The number of rotatable bonds is 7. The average molecular weight is 367 g/mol. The van der Waals surface area contributed by atoms with Crippen LogP contribution in [-0.4, -0.2) is 36.0 Å². The molecule has 1 aliphatic heterocycles. The molecule has 1 heterocycles. The number of carbonyl (C=O) groups is 1. The van der Waals surface area contributed by atoms with Crippen LogP contribution in [0.1, 0.15) is 42.6 Å². The lowest BCUT2D eigenvalue weighted by atomic mass is 10.0. The average Bonchev–Trinajstić information content (AvgIpc) is 2.64. The minimum atomic E-state index is -0.466. The van der Waals surface area contributed by atoms with E-state index < -0.39 is 5.91 Å². The highest BCUT2D eigenvalue weighted by atomic mass is 16.5. The molecular formula is C22H29N3O2. The molecule has 3 rings (SSSR count). The second kappa shape index (κ2) is 8.91. The first-order valence-corrected chi connectivity index (χ1v) is 9.64. The summed E-state index contributed by atoms with van der Waals surface area (Å²) >= 11 is 0. The van der Waals surface area contributed by atoms with Crippen molar-refractivity contribution in [2.24, 2.45) is 5.73 Å². The Bertz CT molecular complexity index is 753. The molecule has 0 radical (unpaired) electrons. The van der Waals surface area contributed by atoms with Crippen LogP contribution in [0.25, 0.3) is 0 Å². The van der Waals surface area contributed by atoms with Gasteiger partial charge in [0.25, 0.3) is 5.91 Å². The molecule has 2 aromatic rings. The number of carbonyl (C=O) groups excluding carboxylic acids is 1. The van der Waals surface area contributed by atoms with Crippen LogP contribution >= 0.6 is 0 Å². The fraction of sp³-hybridized carbons (Fsp3) is 0.409. The van der Waals surface area contributed by atoms with Crippen LogP contribution in [0.4, 0.5) is 5.69 Å². The summed E-state index contributed by atoms with van der Waals surface area (Å²) in [5.74, 6) is 0.0791. The Hall–Kier alpha value is -2.53. The van der Waals surface area contributed by atoms with Crippen LogP contribution in [0.5, 0.6) is 5.75 Å². The standard InChI is InChI=1S/C22H29N3O2/c1-16(2)27-21-14-19(8-9-20(21)22(23)26)24-18-10-12-25(13-11-18)15-17-6-4-3-5-7-17/h3-9,14,16,18,24H,10-13,15H2,1-2H3,(H2,23,26). The Kier molecular flexibility index (Phi) is 6.35. The lowest BCUT2D eigenvalue weighted by molar-refractivity contribution is 0.0994. The van der Waals surface area contributed by atoms with Gasteiger partial charge in [0.15, 0.2) is 0 Å². The van der Waals surface area contributed by atoms with Gasteiger partial charge in [0.1, 0.15) is 5.75 Å². The van der Waals surface area contributed by atoms with Crippen molar-refractivity contribution in [2.75, 3.05) is 18.4 Å². The number of nitrogens with two attached hydrogens (primary N) is 1. The van der Waals surface area contributed by atoms with Gasteiger partial charge in [-0.3, -0.25) is 9.69 Å². The number of primary amides is 1. The second-order valence-electron chi connectivity index (χ2n) is 7.42. The van der Waals surface area contributed by atoms with Crippen molar-refractivity contribution in [1.82, 2.24) is 4.90 Å². The van der Waals surface area contributed by atoms with E-state index in [0.717, 1.165) is 38.2 Å². The molecule has 27 heavy (non-hydrogen) atoms. The lowest BCUT2D eigenvalue weighted by Gasteiger charge is -2.33. The number of nitrogens with zero attached hydrogens (tertiary/aromatic N) is 1. The number of anilines is 1. The van der Waals surface area contributed by atoms with Crippen LogP contribution in [0.15, 0.2) is 48.5 Å². The van der Waals surface area contributed by atoms with Gasteiger partial charge in [0.05, 0.1) is 11.7 Å². The van der Waals surface area contributed by atoms with E-state index >= 15 is 0 Å². The van der Waals surface area contributed by atoms with Crippen LogP contribution in [-0.2, 0) is 6.54 Å². The summed E-state index contributed by atoms with van der Waals surface area (Å²) in [6.07, 6.45) is 2.16. The molecule has 0 aromatic heterocycles. The maximum absolute atomic E-state index is 11.6. The monoisotopic (exact) mass is 367 g/mol. The molecule has 0 unspecified atom stereocenters. The number of ether oxygens (including phenoxy) is 1. The number of hydrogen-bond acceptors (Lipinski definition) is 4. The largest absolute Gasteiger partial charge is 0.490 e. The lowest BCUT2D eigenvalue weighted by Crippen LogP contribution is -2.38. The topological polar surface area (TPSA) is 67.6 Å². The Morgan fingerprint density at radius 2 is 1.89 bits per heavy atom. The Morgan fingerprint density at radius 1 is 1.19 bits per heavy atom. The summed E-state index contributed by atoms with van der Waals surface area (Å²) in [5.41, 5.74) is 8.21. The van der Waals surface area contributed by atoms with Gasteiger partial charge in [-0.25, -0.2) is 0 Å². The van der Waals surface area contributed by atoms with Crippen molar-refractivity contribution in [3.8, 4) is 5.75 Å². The van der Waals surface area contributed by atoms with E-state index in [2.05, 4.69) is 40.5 Å². The second-order valence-corrected chi connectivity index (χ2v) is 7.42. The van der Waals surface area contributed by atoms with Gasteiger partial charge >= 0.3 is 0 Å². The predicted molar refractivity (Wildman–Crippen MR) is 109 cm³/mol. The number of benzene rings is 2. The van der Waals surface area contributed by atoms with Crippen molar-refractivity contribution < 1.29 is 9.53 Å². The fourth-order valence-corrected chi connectivity index (χ4v) is 3.48. The molecule has 1 saturated heterocycles. The zero-order valence-electron chi connectivity index (χ0n) is 16.2. The number of amides is 1. The van der Waals surface area contributed by atoms with Gasteiger partial charge in [-0.2, -0.15) is 0 Å². The van der Waals surface area contributed by atoms with Gasteiger partial charge in [-0.05, 0) is 44.4 Å². The molecule has 0 atom stereocenters. The van der Waals surface area contributed by atoms with Gasteiger partial charge in [-0.15, -0.1) is 0 Å². The minimum Gasteiger partial charge on any atom is -0.490 e. The summed E-state index contributed by atoms with van der Waals surface area (Å²) < 4.78 is 5.77. The van der Waals surface area contributed by atoms with E-state index in [1.807, 2.05) is 26.0 Å². The molecule has 3 N–H and O–H groups in total. The summed E-state index contributed by atoms with van der Waals surface area (Å²) in [4.78, 5) is 14.1. The van der Waals surface area contributed by atoms with Crippen LogP contribution in [0.2, 0.25) is 0 Å². The summed E-state index contributed by atoms with van der Waals surface area (Å²) in [6, 6.07) is 16.6. The van der Waals surface area contributed by atoms with Crippen LogP contribution in [0.3, 0.4) is 0 Å². The molecule has 0 spiro atoms. The molecule has 5 nitrogen and oxygen atoms in total. The number of likely N-dealkylation sites (tertiary alicyclic amines) is 1. The zero-order valence-corrected chi connectivity index (χ0v) is 16.2. The molecular weight excluding hydrogens is 338 g/mol. The molecule has 1 amide bonds. The number of hydrogen-bond donors (Lipinski definition) is 2. The molecule has 0 aliphatic carbocycles. The Balaban J connectivity index is 1.57. The molecule has 2 aromatic carbocycles. The van der Waals surface area contributed by atoms with E-state index in [1.54, 1.807) is 6.07 Å². The van der Waals surface area contributed by atoms with E-state index in [0.29, 0.717) is 17.4 Å². The third-order valence-corrected chi connectivity index (χ3v) is 4.82.